The van der Waals surface area contributed by atoms with Crippen molar-refractivity contribution in [3.8, 4) is 11.6 Å². The van der Waals surface area contributed by atoms with E-state index in [0.717, 1.165) is 4.57 Å². The lowest BCUT2D eigenvalue weighted by Crippen LogP contribution is -2.33. The summed E-state index contributed by atoms with van der Waals surface area (Å²) in [6, 6.07) is 10.2. The van der Waals surface area contributed by atoms with E-state index < -0.39 is 22.9 Å². The highest BCUT2D eigenvalue weighted by atomic mass is 35.5. The van der Waals surface area contributed by atoms with Gasteiger partial charge in [-0.25, -0.2) is 13.8 Å². The van der Waals surface area contributed by atoms with E-state index in [4.69, 9.17) is 23.2 Å². The van der Waals surface area contributed by atoms with Gasteiger partial charge in [-0.15, -0.1) is 0 Å². The summed E-state index contributed by atoms with van der Waals surface area (Å²) in [6.07, 6.45) is 0. The number of hydrogen-bond acceptors (Lipinski definition) is 4. The summed E-state index contributed by atoms with van der Waals surface area (Å²) in [6.45, 7) is 1.58. The molecule has 0 unspecified atom stereocenters. The van der Waals surface area contributed by atoms with Crippen molar-refractivity contribution in [1.82, 2.24) is 9.55 Å². The van der Waals surface area contributed by atoms with Crippen molar-refractivity contribution >= 4 is 28.9 Å². The van der Waals surface area contributed by atoms with Gasteiger partial charge in [0.2, 0.25) is 5.88 Å². The smallest absolute Gasteiger partial charge is 0.335 e. The van der Waals surface area contributed by atoms with E-state index in [0.29, 0.717) is 5.56 Å². The van der Waals surface area contributed by atoms with E-state index in [1.807, 2.05) is 0 Å². The molecule has 0 amide bonds. The Morgan fingerprint density at radius 1 is 1.21 bits per heavy atom. The number of nitrogens with one attached hydrogen (secondary N) is 1. The van der Waals surface area contributed by atoms with E-state index in [1.165, 1.54) is 37.3 Å². The number of halogens is 3. The van der Waals surface area contributed by atoms with Gasteiger partial charge in [-0.2, -0.15) is 0 Å². The first-order valence-electron chi connectivity index (χ1n) is 8.07. The maximum Gasteiger partial charge on any atom is 0.335 e. The van der Waals surface area contributed by atoms with E-state index >= 15 is 0 Å². The average Bonchev–Trinajstić information content (AvgIpc) is 2.62. The highest BCUT2D eigenvalue weighted by Gasteiger charge is 2.19. The van der Waals surface area contributed by atoms with Crippen LogP contribution in [-0.2, 0) is 6.54 Å². The fraction of sp³-hybridized carbons (Fsp3) is 0.105. The minimum atomic E-state index is -0.881. The van der Waals surface area contributed by atoms with Crippen LogP contribution in [0.2, 0.25) is 10.0 Å². The molecular formula is C19H14Cl2FN3O3. The zero-order valence-electron chi connectivity index (χ0n) is 14.5. The summed E-state index contributed by atoms with van der Waals surface area (Å²) >= 11 is 12.1. The molecule has 1 aromatic heterocycles. The van der Waals surface area contributed by atoms with Crippen molar-refractivity contribution in [3.05, 3.63) is 90.3 Å². The molecule has 0 fully saturated rings. The molecule has 9 heteroatoms. The Kier molecular flexibility index (Phi) is 5.67. The topological polar surface area (TPSA) is 87.4 Å². The highest BCUT2D eigenvalue weighted by molar-refractivity contribution is 6.34. The van der Waals surface area contributed by atoms with Crippen LogP contribution in [-0.4, -0.2) is 20.4 Å². The van der Waals surface area contributed by atoms with Crippen molar-refractivity contribution < 1.29 is 9.50 Å². The second-order valence-corrected chi connectivity index (χ2v) is 6.76. The van der Waals surface area contributed by atoms with Gasteiger partial charge in [0.1, 0.15) is 11.4 Å². The zero-order chi connectivity index (χ0) is 20.4. The minimum absolute atomic E-state index is 0.0829. The molecule has 3 rings (SSSR count). The van der Waals surface area contributed by atoms with E-state index in [9.17, 15) is 19.1 Å². The van der Waals surface area contributed by atoms with Crippen LogP contribution in [0.25, 0.3) is 5.69 Å². The number of rotatable bonds is 4. The number of aromatic hydroxyl groups is 1. The largest absolute Gasteiger partial charge is 0.493 e. The third-order valence-corrected chi connectivity index (χ3v) is 4.54. The van der Waals surface area contributed by atoms with Gasteiger partial charge in [-0.1, -0.05) is 35.3 Å². The summed E-state index contributed by atoms with van der Waals surface area (Å²) in [5.41, 5.74) is -1.04. The lowest BCUT2D eigenvalue weighted by molar-refractivity contribution is 0.429. The summed E-state index contributed by atoms with van der Waals surface area (Å²) < 4.78 is 14.1. The third-order valence-electron chi connectivity index (χ3n) is 3.98. The number of benzene rings is 2. The Morgan fingerprint density at radius 2 is 1.96 bits per heavy atom. The number of aromatic nitrogens is 2. The average molecular weight is 422 g/mol. The number of hydrogen-bond donors (Lipinski definition) is 2. The first-order chi connectivity index (χ1) is 13.3. The Labute approximate surface area is 168 Å². The molecule has 0 atom stereocenters. The Balaban J connectivity index is 2.11. The quantitative estimate of drug-likeness (QED) is 0.629. The van der Waals surface area contributed by atoms with Gasteiger partial charge in [0.25, 0.3) is 5.56 Å². The fourth-order valence-corrected chi connectivity index (χ4v) is 3.02. The summed E-state index contributed by atoms with van der Waals surface area (Å²) in [5.74, 6) is -1.03. The summed E-state index contributed by atoms with van der Waals surface area (Å²) in [7, 11) is 0. The van der Waals surface area contributed by atoms with E-state index in [-0.39, 0.29) is 33.6 Å². The molecule has 28 heavy (non-hydrogen) atoms. The van der Waals surface area contributed by atoms with Gasteiger partial charge in [0.05, 0.1) is 23.0 Å². The standard InChI is InChI=1S/C19H14Cl2FN3O3/c1-10(23-9-11-3-2-4-13(22)7-11)16-17(26)24-19(28)25(18(16)27)15-8-12(20)5-6-14(15)21/h2-8,27H,9H2,1H3,(H,24,26,28). The monoisotopic (exact) mass is 421 g/mol. The molecule has 0 spiro atoms. The van der Waals surface area contributed by atoms with Crippen molar-refractivity contribution in [2.24, 2.45) is 4.99 Å². The van der Waals surface area contributed by atoms with Crippen LogP contribution in [0.1, 0.15) is 18.1 Å². The molecule has 6 nitrogen and oxygen atoms in total. The van der Waals surface area contributed by atoms with Gasteiger partial charge in [0.15, 0.2) is 0 Å². The Hall–Kier alpha value is -2.90. The molecule has 0 saturated heterocycles. The van der Waals surface area contributed by atoms with Crippen LogP contribution in [0.15, 0.2) is 57.0 Å². The fourth-order valence-electron chi connectivity index (χ4n) is 2.66. The minimum Gasteiger partial charge on any atom is -0.493 e. The van der Waals surface area contributed by atoms with E-state index in [1.54, 1.807) is 12.1 Å². The Morgan fingerprint density at radius 3 is 2.68 bits per heavy atom. The van der Waals surface area contributed by atoms with Gasteiger partial charge in [-0.3, -0.25) is 14.8 Å². The molecule has 0 saturated carbocycles. The lowest BCUT2D eigenvalue weighted by atomic mass is 10.2. The molecule has 0 bridgehead atoms. The highest BCUT2D eigenvalue weighted by Crippen LogP contribution is 2.27. The second-order valence-electron chi connectivity index (χ2n) is 5.92. The van der Waals surface area contributed by atoms with Crippen LogP contribution in [0.5, 0.6) is 5.88 Å². The van der Waals surface area contributed by atoms with Gasteiger partial charge in [0, 0.05) is 5.02 Å². The van der Waals surface area contributed by atoms with Crippen LogP contribution in [0.4, 0.5) is 4.39 Å². The molecule has 144 valence electrons. The molecule has 0 aliphatic rings. The third kappa shape index (κ3) is 4.00. The molecule has 0 radical (unpaired) electrons. The zero-order valence-corrected chi connectivity index (χ0v) is 16.1. The van der Waals surface area contributed by atoms with Crippen LogP contribution >= 0.6 is 23.2 Å². The number of H-pyrrole nitrogens is 1. The summed E-state index contributed by atoms with van der Waals surface area (Å²) in [4.78, 5) is 30.9. The maximum atomic E-state index is 13.3. The number of aliphatic imine (C=N–C) groups is 1. The van der Waals surface area contributed by atoms with Crippen molar-refractivity contribution in [2.45, 2.75) is 13.5 Å². The molecule has 1 heterocycles. The first-order valence-corrected chi connectivity index (χ1v) is 8.83. The maximum absolute atomic E-state index is 13.3. The van der Waals surface area contributed by atoms with Crippen LogP contribution < -0.4 is 11.2 Å². The number of nitrogens with zero attached hydrogens (tertiary/aromatic N) is 2. The normalized spacial score (nSPS) is 11.6. The van der Waals surface area contributed by atoms with Crippen LogP contribution in [0.3, 0.4) is 0 Å². The Bertz CT molecular complexity index is 1200. The molecule has 2 N–H and O–H groups in total. The number of aromatic amines is 1. The SMILES string of the molecule is CC(=NCc1cccc(F)c1)c1c(O)n(-c2cc(Cl)ccc2Cl)c(=O)[nH]c1=O. The van der Waals surface area contributed by atoms with Gasteiger partial charge < -0.3 is 5.11 Å². The van der Waals surface area contributed by atoms with Gasteiger partial charge in [-0.05, 0) is 42.8 Å². The van der Waals surface area contributed by atoms with Crippen LogP contribution in [0, 0.1) is 5.82 Å². The molecule has 0 aliphatic carbocycles. The molecular weight excluding hydrogens is 408 g/mol. The second kappa shape index (κ2) is 8.00. The van der Waals surface area contributed by atoms with Crippen molar-refractivity contribution in [3.63, 3.8) is 0 Å². The van der Waals surface area contributed by atoms with E-state index in [2.05, 4.69) is 9.98 Å². The van der Waals surface area contributed by atoms with Crippen molar-refractivity contribution in [2.75, 3.05) is 0 Å². The summed E-state index contributed by atoms with van der Waals surface area (Å²) in [5, 5.41) is 11.1. The first kappa shape index (κ1) is 19.9. The van der Waals surface area contributed by atoms with Crippen molar-refractivity contribution in [1.29, 1.82) is 0 Å². The predicted octanol–water partition coefficient (Wildman–Crippen LogP) is 3.69. The molecule has 2 aromatic carbocycles. The molecule has 3 aromatic rings. The molecule has 0 aliphatic heterocycles. The lowest BCUT2D eigenvalue weighted by Gasteiger charge is -2.13. The predicted molar refractivity (Wildman–Crippen MR) is 107 cm³/mol. The van der Waals surface area contributed by atoms with Gasteiger partial charge >= 0.3 is 5.69 Å².